The van der Waals surface area contributed by atoms with Crippen LogP contribution in [0.4, 0.5) is 13.2 Å². The van der Waals surface area contributed by atoms with Gasteiger partial charge in [0, 0.05) is 38.1 Å². The molecule has 0 aliphatic rings. The number of aromatic nitrogens is 2. The molecule has 0 spiro atoms. The predicted molar refractivity (Wildman–Crippen MR) is 85.7 cm³/mol. The Kier molecular flexibility index (Phi) is 5.43. The zero-order valence-electron chi connectivity index (χ0n) is 13.6. The summed E-state index contributed by atoms with van der Waals surface area (Å²) in [6, 6.07) is 6.64. The van der Waals surface area contributed by atoms with Gasteiger partial charge in [-0.2, -0.15) is 13.2 Å². The molecule has 0 aliphatic heterocycles. The molecule has 1 amide bonds. The Morgan fingerprint density at radius 3 is 2.60 bits per heavy atom. The van der Waals surface area contributed by atoms with Crippen molar-refractivity contribution in [1.29, 1.82) is 0 Å². The van der Waals surface area contributed by atoms with Gasteiger partial charge in [-0.15, -0.1) is 0 Å². The summed E-state index contributed by atoms with van der Waals surface area (Å²) in [4.78, 5) is 17.0. The number of hydrogen-bond acceptors (Lipinski definition) is 3. The van der Waals surface area contributed by atoms with E-state index >= 15 is 0 Å². The quantitative estimate of drug-likeness (QED) is 0.874. The number of aryl methyl sites for hydroxylation is 1. The van der Waals surface area contributed by atoms with Gasteiger partial charge in [0.1, 0.15) is 0 Å². The second kappa shape index (κ2) is 7.05. The van der Waals surface area contributed by atoms with Crippen LogP contribution in [0.5, 0.6) is 0 Å². The van der Waals surface area contributed by atoms with Crippen molar-refractivity contribution < 1.29 is 23.1 Å². The third-order valence-electron chi connectivity index (χ3n) is 3.80. The number of imidazole rings is 1. The number of aliphatic hydroxyl groups is 1. The van der Waals surface area contributed by atoms with Crippen molar-refractivity contribution in [2.75, 3.05) is 7.05 Å². The topological polar surface area (TPSA) is 58.4 Å². The monoisotopic (exact) mass is 375 g/mol. The number of hydrogen-bond donors (Lipinski definition) is 1. The maximum atomic E-state index is 13.5. The van der Waals surface area contributed by atoms with Crippen LogP contribution in [0.2, 0.25) is 5.02 Å². The zero-order chi connectivity index (χ0) is 18.8. The summed E-state index contributed by atoms with van der Waals surface area (Å²) in [6.45, 7) is 0.0634. The van der Waals surface area contributed by atoms with E-state index in [0.29, 0.717) is 10.6 Å². The second-order valence-corrected chi connectivity index (χ2v) is 6.21. The molecule has 1 heterocycles. The number of carbonyl (C=O) groups is 1. The molecule has 0 saturated carbocycles. The van der Waals surface area contributed by atoms with Gasteiger partial charge in [0.05, 0.1) is 6.42 Å². The molecule has 1 atom stereocenters. The van der Waals surface area contributed by atoms with Gasteiger partial charge in [-0.05, 0) is 17.7 Å². The second-order valence-electron chi connectivity index (χ2n) is 5.78. The van der Waals surface area contributed by atoms with Crippen LogP contribution in [0.25, 0.3) is 0 Å². The van der Waals surface area contributed by atoms with E-state index in [1.807, 2.05) is 0 Å². The highest BCUT2D eigenvalue weighted by Crippen LogP contribution is 2.41. The first-order chi connectivity index (χ1) is 11.5. The summed E-state index contributed by atoms with van der Waals surface area (Å²) in [7, 11) is 2.68. The molecule has 0 bridgehead atoms. The predicted octanol–water partition coefficient (Wildman–Crippen LogP) is 2.87. The minimum Gasteiger partial charge on any atom is -0.374 e. The average molecular weight is 376 g/mol. The van der Waals surface area contributed by atoms with Gasteiger partial charge < -0.3 is 14.6 Å². The number of nitrogens with zero attached hydrogens (tertiary/aromatic N) is 3. The first-order valence-corrected chi connectivity index (χ1v) is 7.67. The molecule has 1 unspecified atom stereocenters. The molecule has 2 aromatic rings. The van der Waals surface area contributed by atoms with E-state index in [2.05, 4.69) is 4.98 Å². The molecule has 0 radical (unpaired) electrons. The lowest BCUT2D eigenvalue weighted by molar-refractivity contribution is -0.271. The van der Waals surface area contributed by atoms with E-state index in [9.17, 15) is 23.1 Å². The number of rotatable bonds is 5. The van der Waals surface area contributed by atoms with E-state index in [1.54, 1.807) is 24.3 Å². The van der Waals surface area contributed by atoms with Crippen LogP contribution >= 0.6 is 11.6 Å². The Bertz CT molecular complexity index is 763. The highest BCUT2D eigenvalue weighted by molar-refractivity contribution is 6.30. The first kappa shape index (κ1) is 19.3. The minimum absolute atomic E-state index is 0.0634. The lowest BCUT2D eigenvalue weighted by Gasteiger charge is -2.31. The first-order valence-electron chi connectivity index (χ1n) is 7.30. The molecular weight excluding hydrogens is 359 g/mol. The number of benzene rings is 1. The summed E-state index contributed by atoms with van der Waals surface area (Å²) in [5.41, 5.74) is -2.71. The van der Waals surface area contributed by atoms with Gasteiger partial charge in [-0.1, -0.05) is 23.7 Å². The van der Waals surface area contributed by atoms with Crippen molar-refractivity contribution in [3.63, 3.8) is 0 Å². The largest absolute Gasteiger partial charge is 0.425 e. The van der Waals surface area contributed by atoms with Crippen molar-refractivity contribution >= 4 is 17.5 Å². The normalized spacial score (nSPS) is 14.2. The SMILES string of the molecule is CN(Cc1cccc(Cl)c1)C(=O)CC(O)(c1nccn1C)C(F)(F)F. The molecule has 0 aliphatic carbocycles. The van der Waals surface area contributed by atoms with Crippen LogP contribution in [-0.2, 0) is 24.0 Å². The van der Waals surface area contributed by atoms with Crippen LogP contribution < -0.4 is 0 Å². The Morgan fingerprint density at radius 1 is 1.40 bits per heavy atom. The van der Waals surface area contributed by atoms with Gasteiger partial charge in [0.25, 0.3) is 0 Å². The molecule has 25 heavy (non-hydrogen) atoms. The molecule has 0 saturated heterocycles. The molecule has 1 N–H and O–H groups in total. The van der Waals surface area contributed by atoms with Crippen molar-refractivity contribution in [3.8, 4) is 0 Å². The van der Waals surface area contributed by atoms with Gasteiger partial charge in [0.2, 0.25) is 11.5 Å². The summed E-state index contributed by atoms with van der Waals surface area (Å²) in [5, 5.41) is 10.7. The van der Waals surface area contributed by atoms with Crippen molar-refractivity contribution in [2.24, 2.45) is 7.05 Å². The van der Waals surface area contributed by atoms with Gasteiger partial charge >= 0.3 is 6.18 Å². The molecule has 5 nitrogen and oxygen atoms in total. The molecule has 0 fully saturated rings. The third-order valence-corrected chi connectivity index (χ3v) is 4.04. The molecular formula is C16H17ClF3N3O2. The van der Waals surface area contributed by atoms with E-state index < -0.39 is 29.9 Å². The highest BCUT2D eigenvalue weighted by Gasteiger charge is 2.58. The Balaban J connectivity index is 2.21. The summed E-state index contributed by atoms with van der Waals surface area (Å²) >= 11 is 5.86. The van der Waals surface area contributed by atoms with Crippen LogP contribution in [0.15, 0.2) is 36.7 Å². The zero-order valence-corrected chi connectivity index (χ0v) is 14.3. The van der Waals surface area contributed by atoms with E-state index in [0.717, 1.165) is 15.7 Å². The number of carbonyl (C=O) groups excluding carboxylic acids is 1. The van der Waals surface area contributed by atoms with Crippen LogP contribution in [-0.4, -0.2) is 38.7 Å². The molecule has 1 aromatic carbocycles. The van der Waals surface area contributed by atoms with Crippen LogP contribution in [0, 0.1) is 0 Å². The lowest BCUT2D eigenvalue weighted by Crippen LogP contribution is -2.48. The smallest absolute Gasteiger partial charge is 0.374 e. The fraction of sp³-hybridized carbons (Fsp3) is 0.375. The van der Waals surface area contributed by atoms with Crippen molar-refractivity contribution in [3.05, 3.63) is 53.1 Å². The summed E-state index contributed by atoms with van der Waals surface area (Å²) in [6.07, 6.45) is -3.82. The van der Waals surface area contributed by atoms with E-state index in [4.69, 9.17) is 11.6 Å². The summed E-state index contributed by atoms with van der Waals surface area (Å²) in [5.74, 6) is -1.51. The standard InChI is InChI=1S/C16H17ClF3N3O2/c1-22-7-6-21-14(22)15(25,16(18,19)20)9-13(24)23(2)10-11-4-3-5-12(17)8-11/h3-8,25H,9-10H2,1-2H3. The third kappa shape index (κ3) is 4.13. The van der Waals surface area contributed by atoms with Crippen molar-refractivity contribution in [1.82, 2.24) is 14.5 Å². The lowest BCUT2D eigenvalue weighted by atomic mass is 9.96. The minimum atomic E-state index is -5.06. The van der Waals surface area contributed by atoms with Gasteiger partial charge in [-0.25, -0.2) is 4.98 Å². The number of halogens is 4. The number of amides is 1. The Labute approximate surface area is 147 Å². The van der Waals surface area contributed by atoms with E-state index in [-0.39, 0.29) is 6.54 Å². The number of alkyl halides is 3. The molecule has 136 valence electrons. The van der Waals surface area contributed by atoms with Gasteiger partial charge in [0.15, 0.2) is 5.82 Å². The fourth-order valence-corrected chi connectivity index (χ4v) is 2.63. The maximum Gasteiger partial charge on any atom is 0.425 e. The molecule has 9 heteroatoms. The van der Waals surface area contributed by atoms with E-state index in [1.165, 1.54) is 20.3 Å². The Hall–Kier alpha value is -2.06. The van der Waals surface area contributed by atoms with Crippen LogP contribution in [0.3, 0.4) is 0 Å². The van der Waals surface area contributed by atoms with Crippen LogP contribution in [0.1, 0.15) is 17.8 Å². The average Bonchev–Trinajstić information content (AvgIpc) is 2.92. The van der Waals surface area contributed by atoms with Crippen molar-refractivity contribution in [2.45, 2.75) is 24.7 Å². The molecule has 2 rings (SSSR count). The summed E-state index contributed by atoms with van der Waals surface area (Å²) < 4.78 is 41.4. The maximum absolute atomic E-state index is 13.5. The van der Waals surface area contributed by atoms with Gasteiger partial charge in [-0.3, -0.25) is 4.79 Å². The highest BCUT2D eigenvalue weighted by atomic mass is 35.5. The Morgan fingerprint density at radius 2 is 2.08 bits per heavy atom. The fourth-order valence-electron chi connectivity index (χ4n) is 2.42. The molecule has 1 aromatic heterocycles.